The van der Waals surface area contributed by atoms with Gasteiger partial charge >= 0.3 is 11.7 Å². The number of carbonyl (C=O) groups excluding carboxylic acids is 2. The van der Waals surface area contributed by atoms with E-state index in [0.717, 1.165) is 14.8 Å². The van der Waals surface area contributed by atoms with E-state index in [2.05, 4.69) is 5.10 Å². The van der Waals surface area contributed by atoms with Gasteiger partial charge in [-0.15, -0.1) is 0 Å². The Morgan fingerprint density at radius 1 is 1.26 bits per heavy atom. The highest BCUT2D eigenvalue weighted by Crippen LogP contribution is 2.20. The summed E-state index contributed by atoms with van der Waals surface area (Å²) in [6.45, 7) is 6.04. The predicted octanol–water partition coefficient (Wildman–Crippen LogP) is 1.79. The largest absolute Gasteiger partial charge is 0.466 e. The fraction of sp³-hybridized carbons (Fsp3) is 0.476. The van der Waals surface area contributed by atoms with Crippen LogP contribution in [0.1, 0.15) is 42.7 Å². The molecule has 1 amide bonds. The molecular weight excluding hydrogens is 424 g/mol. The molecule has 166 valence electrons. The van der Waals surface area contributed by atoms with E-state index in [9.17, 15) is 19.2 Å². The summed E-state index contributed by atoms with van der Waals surface area (Å²) >= 11 is 6.19. The third kappa shape index (κ3) is 4.56. The van der Waals surface area contributed by atoms with E-state index in [4.69, 9.17) is 16.3 Å². The lowest BCUT2D eigenvalue weighted by Gasteiger charge is -2.31. The number of likely N-dealkylation sites (tertiary alicyclic amines) is 1. The molecule has 0 N–H and O–H groups in total. The van der Waals surface area contributed by atoms with E-state index in [-0.39, 0.29) is 31.4 Å². The summed E-state index contributed by atoms with van der Waals surface area (Å²) in [5.41, 5.74) is -0.628. The van der Waals surface area contributed by atoms with Gasteiger partial charge in [0.05, 0.1) is 18.2 Å². The number of esters is 1. The molecule has 9 nitrogen and oxygen atoms in total. The maximum absolute atomic E-state index is 13.2. The molecule has 31 heavy (non-hydrogen) atoms. The second-order valence-electron chi connectivity index (χ2n) is 7.37. The number of carbonyl (C=O) groups is 2. The lowest BCUT2D eigenvalue weighted by Crippen LogP contribution is -2.49. The first-order valence-corrected chi connectivity index (χ1v) is 10.6. The van der Waals surface area contributed by atoms with Crippen LogP contribution in [0.5, 0.6) is 0 Å². The summed E-state index contributed by atoms with van der Waals surface area (Å²) in [7, 11) is 0. The van der Waals surface area contributed by atoms with Gasteiger partial charge in [-0.1, -0.05) is 17.7 Å². The molecule has 1 atom stereocenters. The molecule has 1 aliphatic rings. The summed E-state index contributed by atoms with van der Waals surface area (Å²) in [5, 5.41) is 4.54. The van der Waals surface area contributed by atoms with Gasteiger partial charge in [0.1, 0.15) is 0 Å². The molecule has 1 aromatic heterocycles. The zero-order valence-electron chi connectivity index (χ0n) is 17.8. The lowest BCUT2D eigenvalue weighted by atomic mass is 9.98. The number of nitrogens with zero attached hydrogens (tertiary/aromatic N) is 4. The molecule has 1 saturated heterocycles. The van der Waals surface area contributed by atoms with Crippen molar-refractivity contribution >= 4 is 23.5 Å². The third-order valence-corrected chi connectivity index (χ3v) is 5.71. The predicted molar refractivity (Wildman–Crippen MR) is 115 cm³/mol. The highest BCUT2D eigenvalue weighted by atomic mass is 35.5. The first-order chi connectivity index (χ1) is 14.8. The second kappa shape index (κ2) is 9.47. The number of aromatic nitrogens is 3. The van der Waals surface area contributed by atoms with Crippen LogP contribution in [0.3, 0.4) is 0 Å². The van der Waals surface area contributed by atoms with Crippen molar-refractivity contribution in [1.29, 1.82) is 0 Å². The van der Waals surface area contributed by atoms with Crippen molar-refractivity contribution in [1.82, 2.24) is 19.2 Å². The van der Waals surface area contributed by atoms with Crippen molar-refractivity contribution in [3.63, 3.8) is 0 Å². The number of ether oxygens (including phenoxy) is 1. The summed E-state index contributed by atoms with van der Waals surface area (Å²) in [4.78, 5) is 52.4. The molecule has 0 spiro atoms. The summed E-state index contributed by atoms with van der Waals surface area (Å²) < 4.78 is 7.04. The Balaban J connectivity index is 2.03. The lowest BCUT2D eigenvalue weighted by molar-refractivity contribution is -0.149. The zero-order chi connectivity index (χ0) is 22.7. The molecule has 2 heterocycles. The van der Waals surface area contributed by atoms with Crippen molar-refractivity contribution in [2.24, 2.45) is 5.92 Å². The van der Waals surface area contributed by atoms with Crippen LogP contribution < -0.4 is 11.2 Å². The van der Waals surface area contributed by atoms with Crippen LogP contribution in [0.4, 0.5) is 0 Å². The molecule has 10 heteroatoms. The molecule has 0 bridgehead atoms. The van der Waals surface area contributed by atoms with Gasteiger partial charge in [-0.2, -0.15) is 9.78 Å². The smallest absolute Gasteiger partial charge is 0.352 e. The topological polar surface area (TPSA) is 104 Å². The van der Waals surface area contributed by atoms with E-state index in [0.29, 0.717) is 30.1 Å². The Morgan fingerprint density at radius 2 is 2.00 bits per heavy atom. The van der Waals surface area contributed by atoms with Gasteiger partial charge in [0.25, 0.3) is 11.5 Å². The third-order valence-electron chi connectivity index (χ3n) is 5.31. The Kier molecular flexibility index (Phi) is 6.94. The highest BCUT2D eigenvalue weighted by Gasteiger charge is 2.32. The normalized spacial score (nSPS) is 16.3. The Labute approximate surface area is 184 Å². The average Bonchev–Trinajstić information content (AvgIpc) is 2.76. The van der Waals surface area contributed by atoms with E-state index in [1.54, 1.807) is 32.0 Å². The minimum atomic E-state index is -0.759. The molecule has 0 saturated carbocycles. The first kappa shape index (κ1) is 22.7. The zero-order valence-corrected chi connectivity index (χ0v) is 18.5. The number of benzene rings is 1. The van der Waals surface area contributed by atoms with E-state index < -0.39 is 23.1 Å². The monoisotopic (exact) mass is 448 g/mol. The first-order valence-electron chi connectivity index (χ1n) is 10.2. The van der Waals surface area contributed by atoms with Gasteiger partial charge in [0.2, 0.25) is 5.69 Å². The van der Waals surface area contributed by atoms with E-state index in [1.165, 1.54) is 4.90 Å². The number of amides is 1. The molecular formula is C21H25ClN4O5. The summed E-state index contributed by atoms with van der Waals surface area (Å²) in [5.74, 6) is -1.43. The van der Waals surface area contributed by atoms with Crippen molar-refractivity contribution in [3.05, 3.63) is 55.3 Å². The van der Waals surface area contributed by atoms with Crippen LogP contribution in [-0.4, -0.2) is 50.8 Å². The minimum absolute atomic E-state index is 0.0749. The van der Waals surface area contributed by atoms with Crippen LogP contribution in [-0.2, 0) is 16.1 Å². The molecule has 0 radical (unpaired) electrons. The van der Waals surface area contributed by atoms with Crippen molar-refractivity contribution in [3.8, 4) is 5.69 Å². The number of aryl methyl sites for hydroxylation is 1. The number of rotatable bonds is 5. The van der Waals surface area contributed by atoms with Gasteiger partial charge in [-0.05, 0) is 51.3 Å². The number of hydrogen-bond acceptors (Lipinski definition) is 6. The molecule has 3 rings (SSSR count). The van der Waals surface area contributed by atoms with Crippen molar-refractivity contribution in [2.45, 2.75) is 40.2 Å². The quantitative estimate of drug-likeness (QED) is 0.646. The Bertz CT molecular complexity index is 1120. The average molecular weight is 449 g/mol. The molecule has 1 aromatic carbocycles. The van der Waals surface area contributed by atoms with E-state index in [1.807, 2.05) is 6.92 Å². The summed E-state index contributed by atoms with van der Waals surface area (Å²) in [6, 6.07) is 4.93. The Morgan fingerprint density at radius 3 is 2.65 bits per heavy atom. The van der Waals surface area contributed by atoms with Gasteiger partial charge in [-0.3, -0.25) is 19.0 Å². The van der Waals surface area contributed by atoms with Gasteiger partial charge in [0.15, 0.2) is 0 Å². The molecule has 1 aliphatic heterocycles. The standard InChI is InChI=1S/C21H25ClN4O5/c1-4-25-19(28)17(18(27)24-10-6-7-14(12-24)20(29)31-5-2)23-26(21(25)30)15-9-8-13(3)16(22)11-15/h8-9,11,14H,4-7,10,12H2,1-3H3/t14-/m1/s1. The summed E-state index contributed by atoms with van der Waals surface area (Å²) in [6.07, 6.45) is 1.21. The number of halogens is 1. The van der Waals surface area contributed by atoms with Crippen molar-refractivity contribution < 1.29 is 14.3 Å². The fourth-order valence-electron chi connectivity index (χ4n) is 3.57. The van der Waals surface area contributed by atoms with Gasteiger partial charge in [0, 0.05) is 24.7 Å². The molecule has 1 fully saturated rings. The minimum Gasteiger partial charge on any atom is -0.466 e. The van der Waals surface area contributed by atoms with Crippen LogP contribution >= 0.6 is 11.6 Å². The van der Waals surface area contributed by atoms with Crippen LogP contribution in [0.25, 0.3) is 5.69 Å². The molecule has 0 unspecified atom stereocenters. The highest BCUT2D eigenvalue weighted by molar-refractivity contribution is 6.31. The van der Waals surface area contributed by atoms with Crippen LogP contribution in [0.2, 0.25) is 5.02 Å². The number of piperidine rings is 1. The maximum Gasteiger partial charge on any atom is 0.352 e. The SMILES string of the molecule is CCOC(=O)[C@@H]1CCCN(C(=O)c2nn(-c3ccc(C)c(Cl)c3)c(=O)n(CC)c2=O)C1. The van der Waals surface area contributed by atoms with Crippen LogP contribution in [0.15, 0.2) is 27.8 Å². The number of hydrogen-bond donors (Lipinski definition) is 0. The van der Waals surface area contributed by atoms with Gasteiger partial charge < -0.3 is 9.64 Å². The van der Waals surface area contributed by atoms with Crippen LogP contribution in [0, 0.1) is 12.8 Å². The fourth-order valence-corrected chi connectivity index (χ4v) is 3.75. The molecule has 2 aromatic rings. The molecule has 0 aliphatic carbocycles. The van der Waals surface area contributed by atoms with Gasteiger partial charge in [-0.25, -0.2) is 4.79 Å². The maximum atomic E-state index is 13.2. The Hall–Kier alpha value is -2.94. The van der Waals surface area contributed by atoms with Crippen molar-refractivity contribution in [2.75, 3.05) is 19.7 Å². The second-order valence-corrected chi connectivity index (χ2v) is 7.78. The van der Waals surface area contributed by atoms with E-state index >= 15 is 0 Å².